The third-order valence-electron chi connectivity index (χ3n) is 5.63. The summed E-state index contributed by atoms with van der Waals surface area (Å²) in [4.78, 5) is 17.9. The zero-order chi connectivity index (χ0) is 23.2. The minimum Gasteiger partial charge on any atom is -0.497 e. The number of nitrogens with zero attached hydrogens (tertiary/aromatic N) is 1. The lowest BCUT2D eigenvalue weighted by Gasteiger charge is -2.28. The Kier molecular flexibility index (Phi) is 7.05. The lowest BCUT2D eigenvalue weighted by Crippen LogP contribution is -2.41. The second kappa shape index (κ2) is 10.3. The molecule has 0 spiro atoms. The minimum absolute atomic E-state index is 0.0410. The topological polar surface area (TPSA) is 57.4 Å². The van der Waals surface area contributed by atoms with E-state index >= 15 is 0 Å². The monoisotopic (exact) mass is 457 g/mol. The fourth-order valence-corrected chi connectivity index (χ4v) is 4.09. The van der Waals surface area contributed by atoms with Crippen molar-refractivity contribution in [2.45, 2.75) is 26.1 Å². The summed E-state index contributed by atoms with van der Waals surface area (Å²) in [6.45, 7) is 3.06. The quantitative estimate of drug-likeness (QED) is 0.375. The lowest BCUT2D eigenvalue weighted by molar-refractivity contribution is 0.392. The van der Waals surface area contributed by atoms with Gasteiger partial charge in [-0.2, -0.15) is 0 Å². The summed E-state index contributed by atoms with van der Waals surface area (Å²) >= 11 is 5.81. The number of ether oxygens (including phenoxy) is 1. The van der Waals surface area contributed by atoms with E-state index in [9.17, 15) is 4.79 Å². The highest BCUT2D eigenvalue weighted by Gasteiger charge is 2.16. The van der Waals surface area contributed by atoms with Crippen molar-refractivity contribution in [3.05, 3.63) is 112 Å². The Balaban J connectivity index is 1.61. The van der Waals surface area contributed by atoms with E-state index in [4.69, 9.17) is 17.0 Å². The van der Waals surface area contributed by atoms with Crippen molar-refractivity contribution in [2.75, 3.05) is 7.11 Å². The predicted octanol–water partition coefficient (Wildman–Crippen LogP) is 5.17. The van der Waals surface area contributed by atoms with Crippen LogP contribution in [0.25, 0.3) is 10.9 Å². The van der Waals surface area contributed by atoms with Gasteiger partial charge in [-0.3, -0.25) is 4.79 Å². The summed E-state index contributed by atoms with van der Waals surface area (Å²) in [5.74, 6) is 0.705. The third-order valence-corrected chi connectivity index (χ3v) is 6.01. The molecule has 1 heterocycles. The molecule has 0 saturated heterocycles. The van der Waals surface area contributed by atoms with Crippen molar-refractivity contribution in [1.29, 1.82) is 0 Å². The van der Waals surface area contributed by atoms with Crippen LogP contribution in [0.5, 0.6) is 5.75 Å². The van der Waals surface area contributed by atoms with Crippen LogP contribution >= 0.6 is 12.2 Å². The molecule has 0 amide bonds. The van der Waals surface area contributed by atoms with Crippen LogP contribution in [0.1, 0.15) is 29.7 Å². The average Bonchev–Trinajstić information content (AvgIpc) is 2.84. The number of aromatic nitrogens is 1. The van der Waals surface area contributed by atoms with E-state index in [2.05, 4.69) is 41.5 Å². The molecule has 2 N–H and O–H groups in total. The van der Waals surface area contributed by atoms with Crippen LogP contribution in [0.15, 0.2) is 89.7 Å². The summed E-state index contributed by atoms with van der Waals surface area (Å²) < 4.78 is 5.27. The van der Waals surface area contributed by atoms with Crippen molar-refractivity contribution >= 4 is 28.2 Å². The number of pyridine rings is 1. The van der Waals surface area contributed by atoms with E-state index < -0.39 is 0 Å². The second-order valence-electron chi connectivity index (χ2n) is 8.00. The van der Waals surface area contributed by atoms with Crippen molar-refractivity contribution < 1.29 is 4.74 Å². The molecule has 3 aromatic carbocycles. The molecule has 1 aromatic heterocycles. The van der Waals surface area contributed by atoms with Gasteiger partial charge in [-0.05, 0) is 53.9 Å². The fraction of sp³-hybridized carbons (Fsp3) is 0.185. The van der Waals surface area contributed by atoms with E-state index in [-0.39, 0.29) is 11.6 Å². The summed E-state index contributed by atoms with van der Waals surface area (Å²) in [5.41, 5.74) is 3.54. The number of nitrogens with one attached hydrogen (secondary N) is 2. The normalized spacial score (nSPS) is 11.7. The number of hydrogen-bond acceptors (Lipinski definition) is 3. The number of fused-ring (bicyclic) bond motifs is 1. The molecule has 0 fully saturated rings. The van der Waals surface area contributed by atoms with Gasteiger partial charge in [0, 0.05) is 18.2 Å². The summed E-state index contributed by atoms with van der Waals surface area (Å²) in [6, 6.07) is 27.9. The first kappa shape index (κ1) is 22.6. The Morgan fingerprint density at radius 3 is 2.39 bits per heavy atom. The molecular weight excluding hydrogens is 430 g/mol. The van der Waals surface area contributed by atoms with Gasteiger partial charge in [0.1, 0.15) is 5.75 Å². The van der Waals surface area contributed by atoms with Crippen LogP contribution in [-0.4, -0.2) is 22.1 Å². The van der Waals surface area contributed by atoms with Gasteiger partial charge >= 0.3 is 0 Å². The van der Waals surface area contributed by atoms with Gasteiger partial charge in [-0.25, -0.2) is 0 Å². The largest absolute Gasteiger partial charge is 0.497 e. The number of thiocarbonyl (C=S) groups is 1. The fourth-order valence-electron chi connectivity index (χ4n) is 3.78. The molecule has 4 aromatic rings. The molecule has 168 valence electrons. The molecule has 0 aliphatic heterocycles. The molecule has 0 aliphatic rings. The van der Waals surface area contributed by atoms with Crippen LogP contribution in [0, 0.1) is 0 Å². The van der Waals surface area contributed by atoms with Gasteiger partial charge in [0.2, 0.25) is 0 Å². The number of aromatic amines is 1. The zero-order valence-electron chi connectivity index (χ0n) is 18.7. The van der Waals surface area contributed by atoms with E-state index in [0.29, 0.717) is 29.5 Å². The molecule has 5 nitrogen and oxygen atoms in total. The van der Waals surface area contributed by atoms with Gasteiger partial charge in [0.15, 0.2) is 5.11 Å². The highest BCUT2D eigenvalue weighted by atomic mass is 32.1. The summed E-state index contributed by atoms with van der Waals surface area (Å²) in [6.07, 6.45) is 0. The molecule has 0 saturated carbocycles. The first-order chi connectivity index (χ1) is 16.0. The van der Waals surface area contributed by atoms with Gasteiger partial charge in [0.25, 0.3) is 5.56 Å². The van der Waals surface area contributed by atoms with Crippen molar-refractivity contribution in [3.63, 3.8) is 0 Å². The second-order valence-corrected chi connectivity index (χ2v) is 8.39. The zero-order valence-corrected chi connectivity index (χ0v) is 19.6. The molecular formula is C27H27N3O2S. The summed E-state index contributed by atoms with van der Waals surface area (Å²) in [7, 11) is 1.61. The first-order valence-electron chi connectivity index (χ1n) is 10.9. The highest BCUT2D eigenvalue weighted by Crippen LogP contribution is 2.20. The predicted molar refractivity (Wildman–Crippen MR) is 137 cm³/mol. The van der Waals surface area contributed by atoms with E-state index in [1.807, 2.05) is 65.6 Å². The smallest absolute Gasteiger partial charge is 0.253 e. The maximum Gasteiger partial charge on any atom is 0.253 e. The molecule has 0 aliphatic carbocycles. The van der Waals surface area contributed by atoms with Crippen molar-refractivity contribution in [2.24, 2.45) is 0 Å². The Morgan fingerprint density at radius 1 is 1.00 bits per heavy atom. The lowest BCUT2D eigenvalue weighted by atomic mass is 10.1. The van der Waals surface area contributed by atoms with Crippen LogP contribution < -0.4 is 15.6 Å². The average molecular weight is 458 g/mol. The molecule has 33 heavy (non-hydrogen) atoms. The molecule has 6 heteroatoms. The maximum atomic E-state index is 12.9. The number of rotatable bonds is 7. The van der Waals surface area contributed by atoms with Gasteiger partial charge in [0.05, 0.1) is 25.2 Å². The van der Waals surface area contributed by atoms with Gasteiger partial charge < -0.3 is 19.9 Å². The third kappa shape index (κ3) is 5.59. The Morgan fingerprint density at radius 2 is 1.70 bits per heavy atom. The van der Waals surface area contributed by atoms with Crippen LogP contribution in [-0.2, 0) is 13.1 Å². The van der Waals surface area contributed by atoms with Crippen LogP contribution in [0.4, 0.5) is 0 Å². The molecule has 0 bridgehead atoms. The van der Waals surface area contributed by atoms with Crippen molar-refractivity contribution in [1.82, 2.24) is 15.2 Å². The Hall–Kier alpha value is -3.64. The number of methoxy groups -OCH3 is 1. The van der Waals surface area contributed by atoms with E-state index in [1.54, 1.807) is 7.11 Å². The Labute approximate surface area is 199 Å². The SMILES string of the molecule is COc1ccc2cc(CN(Cc3ccccc3)C(=S)N[C@@H](C)c3ccccc3)c(=O)[nH]c2c1. The van der Waals surface area contributed by atoms with Crippen molar-refractivity contribution in [3.8, 4) is 5.75 Å². The van der Waals surface area contributed by atoms with E-state index in [1.165, 1.54) is 0 Å². The highest BCUT2D eigenvalue weighted by molar-refractivity contribution is 7.80. The first-order valence-corrected chi connectivity index (χ1v) is 11.3. The molecule has 0 radical (unpaired) electrons. The standard InChI is InChI=1S/C27H27N3O2S/c1-19(21-11-7-4-8-12-21)28-27(33)30(17-20-9-5-3-6-10-20)18-23-15-22-13-14-24(32-2)16-25(22)29-26(23)31/h3-16,19H,17-18H2,1-2H3,(H,28,33)(H,29,31)/t19-/m0/s1. The maximum absolute atomic E-state index is 12.9. The van der Waals surface area contributed by atoms with Gasteiger partial charge in [-0.1, -0.05) is 60.7 Å². The Bertz CT molecular complexity index is 1290. The molecule has 4 rings (SSSR count). The molecule has 0 unspecified atom stereocenters. The van der Waals surface area contributed by atoms with Gasteiger partial charge in [-0.15, -0.1) is 0 Å². The van der Waals surface area contributed by atoms with E-state index in [0.717, 1.165) is 22.0 Å². The summed E-state index contributed by atoms with van der Waals surface area (Å²) in [5, 5.41) is 4.98. The number of H-pyrrole nitrogens is 1. The van der Waals surface area contributed by atoms with Crippen LogP contribution in [0.2, 0.25) is 0 Å². The number of benzene rings is 3. The number of hydrogen-bond donors (Lipinski definition) is 2. The van der Waals surface area contributed by atoms with Crippen LogP contribution in [0.3, 0.4) is 0 Å². The minimum atomic E-state index is -0.132. The molecule has 1 atom stereocenters.